The molecular formula is C18H19N3O4. The molecule has 1 aliphatic rings. The number of anilines is 2. The van der Waals surface area contributed by atoms with Crippen LogP contribution in [0, 0.1) is 5.92 Å². The summed E-state index contributed by atoms with van der Waals surface area (Å²) in [4.78, 5) is 29.4. The van der Waals surface area contributed by atoms with Crippen molar-refractivity contribution >= 4 is 23.4 Å². The number of phenolic OH excluding ortho intramolecular Hbond substituents is 1. The number of carboxylic acids is 1. The van der Waals surface area contributed by atoms with E-state index in [2.05, 4.69) is 10.3 Å². The minimum atomic E-state index is -1.00. The molecule has 0 aliphatic carbocycles. The highest BCUT2D eigenvalue weighted by molar-refractivity contribution is 5.94. The highest BCUT2D eigenvalue weighted by atomic mass is 16.4. The largest absolute Gasteiger partial charge is 0.506 e. The smallest absolute Gasteiger partial charge is 0.337 e. The summed E-state index contributed by atoms with van der Waals surface area (Å²) >= 11 is 0. The summed E-state index contributed by atoms with van der Waals surface area (Å²) in [6, 6.07) is 9.87. The number of carboxylic acid groups (broad SMARTS) is 1. The van der Waals surface area contributed by atoms with E-state index in [0.29, 0.717) is 37.4 Å². The Morgan fingerprint density at radius 1 is 1.12 bits per heavy atom. The zero-order valence-corrected chi connectivity index (χ0v) is 13.6. The van der Waals surface area contributed by atoms with Gasteiger partial charge in [-0.2, -0.15) is 0 Å². The van der Waals surface area contributed by atoms with Crippen LogP contribution in [0.1, 0.15) is 23.2 Å². The third kappa shape index (κ3) is 3.88. The molecule has 1 fully saturated rings. The molecule has 0 unspecified atom stereocenters. The topological polar surface area (TPSA) is 103 Å². The van der Waals surface area contributed by atoms with Crippen LogP contribution in [-0.2, 0) is 4.79 Å². The standard InChI is InChI=1S/C18H19N3O4/c22-15-4-2-1-3-14(15)20-17(23)12-7-9-21(10-8-12)16-6-5-13(11-19-16)18(24)25/h1-6,11-12,22H,7-10H2,(H,20,23)(H,24,25). The molecule has 130 valence electrons. The van der Waals surface area contributed by atoms with Gasteiger partial charge in [0.05, 0.1) is 11.3 Å². The van der Waals surface area contributed by atoms with Gasteiger partial charge in [0.1, 0.15) is 11.6 Å². The highest BCUT2D eigenvalue weighted by Gasteiger charge is 2.26. The minimum Gasteiger partial charge on any atom is -0.506 e. The molecular weight excluding hydrogens is 322 g/mol. The predicted molar refractivity (Wildman–Crippen MR) is 92.9 cm³/mol. The Morgan fingerprint density at radius 2 is 1.84 bits per heavy atom. The Kier molecular flexibility index (Phi) is 4.83. The van der Waals surface area contributed by atoms with Crippen molar-refractivity contribution in [3.8, 4) is 5.75 Å². The maximum atomic E-state index is 12.4. The molecule has 0 bridgehead atoms. The second-order valence-corrected chi connectivity index (χ2v) is 5.98. The van der Waals surface area contributed by atoms with Crippen molar-refractivity contribution in [2.75, 3.05) is 23.3 Å². The van der Waals surface area contributed by atoms with Gasteiger partial charge in [0.2, 0.25) is 5.91 Å². The number of carbonyl (C=O) groups excluding carboxylic acids is 1. The number of aromatic hydroxyl groups is 1. The molecule has 0 spiro atoms. The van der Waals surface area contributed by atoms with Crippen LogP contribution in [0.2, 0.25) is 0 Å². The number of phenols is 1. The van der Waals surface area contributed by atoms with Gasteiger partial charge in [0.25, 0.3) is 0 Å². The zero-order valence-electron chi connectivity index (χ0n) is 13.6. The lowest BCUT2D eigenvalue weighted by Crippen LogP contribution is -2.38. The number of aromatic nitrogens is 1. The van der Waals surface area contributed by atoms with E-state index in [-0.39, 0.29) is 23.1 Å². The number of piperidine rings is 1. The van der Waals surface area contributed by atoms with Crippen molar-refractivity contribution in [1.29, 1.82) is 0 Å². The van der Waals surface area contributed by atoms with Gasteiger partial charge >= 0.3 is 5.97 Å². The Bertz CT molecular complexity index is 768. The second kappa shape index (κ2) is 7.21. The number of carbonyl (C=O) groups is 2. The number of nitrogens with zero attached hydrogens (tertiary/aromatic N) is 2. The average Bonchev–Trinajstić information content (AvgIpc) is 2.64. The summed E-state index contributed by atoms with van der Waals surface area (Å²) in [5, 5.41) is 21.4. The number of rotatable bonds is 4. The van der Waals surface area contributed by atoms with Gasteiger partial charge < -0.3 is 20.4 Å². The SMILES string of the molecule is O=C(O)c1ccc(N2CCC(C(=O)Nc3ccccc3O)CC2)nc1. The Balaban J connectivity index is 1.57. The van der Waals surface area contributed by atoms with E-state index in [4.69, 9.17) is 5.11 Å². The van der Waals surface area contributed by atoms with Gasteiger partial charge in [-0.05, 0) is 37.1 Å². The second-order valence-electron chi connectivity index (χ2n) is 5.98. The summed E-state index contributed by atoms with van der Waals surface area (Å²) in [6.45, 7) is 1.33. The number of aromatic carboxylic acids is 1. The number of para-hydroxylation sites is 2. The lowest BCUT2D eigenvalue weighted by Gasteiger charge is -2.32. The predicted octanol–water partition coefficient (Wildman–Crippen LogP) is 2.34. The molecule has 2 heterocycles. The molecule has 0 atom stereocenters. The van der Waals surface area contributed by atoms with Gasteiger partial charge in [0.15, 0.2) is 0 Å². The fraction of sp³-hybridized carbons (Fsp3) is 0.278. The molecule has 7 heteroatoms. The number of amides is 1. The van der Waals surface area contributed by atoms with Gasteiger partial charge in [-0.3, -0.25) is 4.79 Å². The molecule has 1 saturated heterocycles. The molecule has 1 aromatic carbocycles. The molecule has 1 aliphatic heterocycles. The maximum absolute atomic E-state index is 12.4. The monoisotopic (exact) mass is 341 g/mol. The van der Waals surface area contributed by atoms with Crippen molar-refractivity contribution in [1.82, 2.24) is 4.98 Å². The lowest BCUT2D eigenvalue weighted by molar-refractivity contribution is -0.120. The molecule has 3 rings (SSSR count). The van der Waals surface area contributed by atoms with Crippen molar-refractivity contribution in [3.63, 3.8) is 0 Å². The first kappa shape index (κ1) is 16.8. The summed E-state index contributed by atoms with van der Waals surface area (Å²) in [6.07, 6.45) is 2.68. The van der Waals surface area contributed by atoms with Crippen LogP contribution in [-0.4, -0.2) is 40.2 Å². The summed E-state index contributed by atoms with van der Waals surface area (Å²) < 4.78 is 0. The quantitative estimate of drug-likeness (QED) is 0.738. The van der Waals surface area contributed by atoms with E-state index in [9.17, 15) is 14.7 Å². The number of nitrogens with one attached hydrogen (secondary N) is 1. The van der Waals surface area contributed by atoms with E-state index in [1.165, 1.54) is 18.3 Å². The van der Waals surface area contributed by atoms with Gasteiger partial charge in [-0.25, -0.2) is 9.78 Å². The van der Waals surface area contributed by atoms with Crippen LogP contribution in [0.4, 0.5) is 11.5 Å². The number of hydrogen-bond acceptors (Lipinski definition) is 5. The Morgan fingerprint density at radius 3 is 2.44 bits per heavy atom. The molecule has 25 heavy (non-hydrogen) atoms. The van der Waals surface area contributed by atoms with E-state index in [1.54, 1.807) is 24.3 Å². The first-order chi connectivity index (χ1) is 12.0. The lowest BCUT2D eigenvalue weighted by atomic mass is 9.95. The van der Waals surface area contributed by atoms with E-state index < -0.39 is 5.97 Å². The van der Waals surface area contributed by atoms with Crippen molar-refractivity contribution in [3.05, 3.63) is 48.2 Å². The fourth-order valence-corrected chi connectivity index (χ4v) is 2.88. The van der Waals surface area contributed by atoms with Crippen LogP contribution in [0.15, 0.2) is 42.6 Å². The van der Waals surface area contributed by atoms with Crippen molar-refractivity contribution in [2.45, 2.75) is 12.8 Å². The van der Waals surface area contributed by atoms with Crippen molar-refractivity contribution < 1.29 is 19.8 Å². The van der Waals surface area contributed by atoms with Gasteiger partial charge in [-0.1, -0.05) is 12.1 Å². The molecule has 1 amide bonds. The number of pyridine rings is 1. The number of hydrogen-bond donors (Lipinski definition) is 3. The third-order valence-corrected chi connectivity index (χ3v) is 4.35. The van der Waals surface area contributed by atoms with Gasteiger partial charge in [-0.15, -0.1) is 0 Å². The van der Waals surface area contributed by atoms with E-state index in [0.717, 1.165) is 0 Å². The van der Waals surface area contributed by atoms with Crippen LogP contribution in [0.25, 0.3) is 0 Å². The molecule has 0 radical (unpaired) electrons. The average molecular weight is 341 g/mol. The maximum Gasteiger partial charge on any atom is 0.337 e. The molecule has 7 nitrogen and oxygen atoms in total. The summed E-state index contributed by atoms with van der Waals surface area (Å²) in [5.41, 5.74) is 0.571. The summed E-state index contributed by atoms with van der Waals surface area (Å²) in [7, 11) is 0. The van der Waals surface area contributed by atoms with E-state index in [1.807, 2.05) is 4.90 Å². The van der Waals surface area contributed by atoms with Crippen molar-refractivity contribution in [2.24, 2.45) is 5.92 Å². The van der Waals surface area contributed by atoms with E-state index >= 15 is 0 Å². The van der Waals surface area contributed by atoms with Crippen LogP contribution < -0.4 is 10.2 Å². The highest BCUT2D eigenvalue weighted by Crippen LogP contribution is 2.26. The van der Waals surface area contributed by atoms with Gasteiger partial charge in [0, 0.05) is 25.2 Å². The Hall–Kier alpha value is -3.09. The molecule has 2 aromatic rings. The van der Waals surface area contributed by atoms with Crippen LogP contribution in [0.3, 0.4) is 0 Å². The molecule has 0 saturated carbocycles. The zero-order chi connectivity index (χ0) is 17.8. The first-order valence-electron chi connectivity index (χ1n) is 8.08. The molecule has 3 N–H and O–H groups in total. The first-order valence-corrected chi connectivity index (χ1v) is 8.08. The summed E-state index contributed by atoms with van der Waals surface area (Å²) in [5.74, 6) is -0.469. The normalized spacial score (nSPS) is 15.0. The van der Waals surface area contributed by atoms with Crippen LogP contribution in [0.5, 0.6) is 5.75 Å². The fourth-order valence-electron chi connectivity index (χ4n) is 2.88. The Labute approximate surface area is 144 Å². The minimum absolute atomic E-state index is 0.0519. The third-order valence-electron chi connectivity index (χ3n) is 4.35. The number of benzene rings is 1. The molecule has 1 aromatic heterocycles. The van der Waals surface area contributed by atoms with Crippen LogP contribution >= 0.6 is 0 Å².